The molecule has 3 aromatic rings. The van der Waals surface area contributed by atoms with Gasteiger partial charge < -0.3 is 14.2 Å². The maximum absolute atomic E-state index is 12.4. The summed E-state index contributed by atoms with van der Waals surface area (Å²) in [5.41, 5.74) is 4.19. The van der Waals surface area contributed by atoms with Crippen molar-refractivity contribution in [2.75, 3.05) is 13.7 Å². The molecule has 0 fully saturated rings. The number of amides is 1. The minimum absolute atomic E-state index is 0.196. The van der Waals surface area contributed by atoms with Gasteiger partial charge in [-0.15, -0.1) is 6.58 Å². The number of hydrogen-bond donors (Lipinski definition) is 1. The van der Waals surface area contributed by atoms with Crippen LogP contribution in [0.15, 0.2) is 78.4 Å². The smallest absolute Gasteiger partial charge is 0.343 e. The Morgan fingerprint density at radius 3 is 2.54 bits per heavy atom. The molecule has 0 atom stereocenters. The normalized spacial score (nSPS) is 10.6. The molecule has 0 heterocycles. The quantitative estimate of drug-likeness (QED) is 0.128. The highest BCUT2D eigenvalue weighted by molar-refractivity contribution is 6.42. The number of halogens is 2. The van der Waals surface area contributed by atoms with Gasteiger partial charge in [-0.05, 0) is 60.0 Å². The summed E-state index contributed by atoms with van der Waals surface area (Å²) in [5, 5.41) is 4.51. The average Bonchev–Trinajstić information content (AvgIpc) is 2.86. The van der Waals surface area contributed by atoms with Crippen LogP contribution in [0.25, 0.3) is 0 Å². The van der Waals surface area contributed by atoms with Crippen molar-refractivity contribution in [3.63, 3.8) is 0 Å². The van der Waals surface area contributed by atoms with Gasteiger partial charge in [0.25, 0.3) is 5.91 Å². The van der Waals surface area contributed by atoms with E-state index in [1.807, 2.05) is 18.2 Å². The Balaban J connectivity index is 1.58. The first-order valence-electron chi connectivity index (χ1n) is 10.4. The van der Waals surface area contributed by atoms with Crippen molar-refractivity contribution in [3.8, 4) is 17.2 Å². The molecule has 0 aromatic heterocycles. The fourth-order valence-corrected chi connectivity index (χ4v) is 3.25. The van der Waals surface area contributed by atoms with Crippen LogP contribution in [0.1, 0.15) is 21.5 Å². The first-order valence-corrected chi connectivity index (χ1v) is 11.2. The minimum Gasteiger partial charge on any atom is -0.493 e. The van der Waals surface area contributed by atoms with Crippen LogP contribution < -0.4 is 19.6 Å². The van der Waals surface area contributed by atoms with Crippen LogP contribution in [0.2, 0.25) is 10.0 Å². The molecule has 0 aliphatic rings. The molecular formula is C26H22Cl2N2O5. The van der Waals surface area contributed by atoms with Crippen molar-refractivity contribution < 1.29 is 23.8 Å². The molecule has 3 aromatic carbocycles. The Kier molecular flexibility index (Phi) is 9.29. The molecule has 0 saturated heterocycles. The van der Waals surface area contributed by atoms with Crippen LogP contribution in [-0.4, -0.2) is 31.8 Å². The zero-order valence-corrected chi connectivity index (χ0v) is 20.3. The minimum atomic E-state index is -0.620. The number of esters is 1. The summed E-state index contributed by atoms with van der Waals surface area (Å²) in [6.07, 6.45) is 3.83. The summed E-state index contributed by atoms with van der Waals surface area (Å²) in [5.74, 6) is 0.0773. The number of ether oxygens (including phenoxy) is 3. The predicted octanol–water partition coefficient (Wildman–Crippen LogP) is 5.48. The number of allylic oxidation sites excluding steroid dienone is 1. The third kappa shape index (κ3) is 7.34. The van der Waals surface area contributed by atoms with Gasteiger partial charge in [0.1, 0.15) is 5.75 Å². The van der Waals surface area contributed by atoms with Crippen LogP contribution in [0.3, 0.4) is 0 Å². The molecule has 0 saturated carbocycles. The molecule has 0 spiro atoms. The second-order valence-electron chi connectivity index (χ2n) is 7.11. The molecule has 180 valence electrons. The van der Waals surface area contributed by atoms with Crippen molar-refractivity contribution >= 4 is 41.3 Å². The fraction of sp³-hybridized carbons (Fsp3) is 0.115. The topological polar surface area (TPSA) is 86.2 Å². The maximum atomic E-state index is 12.4. The molecule has 0 bridgehead atoms. The van der Waals surface area contributed by atoms with Gasteiger partial charge in [-0.3, -0.25) is 4.79 Å². The Morgan fingerprint density at radius 2 is 1.80 bits per heavy atom. The number of methoxy groups -OCH3 is 1. The Bertz CT molecular complexity index is 1260. The van der Waals surface area contributed by atoms with Crippen LogP contribution in [0.5, 0.6) is 17.2 Å². The van der Waals surface area contributed by atoms with E-state index < -0.39 is 11.9 Å². The highest BCUT2D eigenvalue weighted by atomic mass is 35.5. The molecule has 3 rings (SSSR count). The number of carbonyl (C=O) groups is 2. The lowest BCUT2D eigenvalue weighted by Gasteiger charge is -2.10. The van der Waals surface area contributed by atoms with E-state index in [1.54, 1.807) is 30.3 Å². The van der Waals surface area contributed by atoms with E-state index in [1.165, 1.54) is 31.5 Å². The number of para-hydroxylation sites is 1. The Labute approximate surface area is 212 Å². The van der Waals surface area contributed by atoms with E-state index in [-0.39, 0.29) is 22.9 Å². The molecule has 0 aliphatic carbocycles. The van der Waals surface area contributed by atoms with E-state index in [2.05, 4.69) is 17.1 Å². The van der Waals surface area contributed by atoms with Crippen LogP contribution in [0, 0.1) is 0 Å². The van der Waals surface area contributed by atoms with Gasteiger partial charge in [0.15, 0.2) is 18.1 Å². The number of nitrogens with zero attached hydrogens (tertiary/aromatic N) is 1. The SMILES string of the molecule is C=CCc1ccccc1OCC(=O)NN=Cc1ccc(OC(=O)c2ccc(Cl)c(Cl)c2)c(OC)c1. The number of hydrogen-bond acceptors (Lipinski definition) is 6. The van der Waals surface area contributed by atoms with Gasteiger partial charge in [-0.1, -0.05) is 47.5 Å². The standard InChI is InChI=1S/C26H22Cl2N2O5/c1-3-6-18-7-4-5-8-22(18)34-16-25(31)30-29-15-17-9-12-23(24(13-17)33-2)35-26(32)19-10-11-20(27)21(28)14-19/h3-5,7-15H,1,6,16H2,2H3,(H,30,31). The highest BCUT2D eigenvalue weighted by Gasteiger charge is 2.14. The second-order valence-corrected chi connectivity index (χ2v) is 7.93. The Morgan fingerprint density at radius 1 is 1.00 bits per heavy atom. The van der Waals surface area contributed by atoms with E-state index in [0.717, 1.165) is 5.56 Å². The number of carbonyl (C=O) groups excluding carboxylic acids is 2. The van der Waals surface area contributed by atoms with Crippen molar-refractivity contribution in [1.82, 2.24) is 5.43 Å². The van der Waals surface area contributed by atoms with E-state index >= 15 is 0 Å². The monoisotopic (exact) mass is 512 g/mol. The van der Waals surface area contributed by atoms with Crippen LogP contribution >= 0.6 is 23.2 Å². The van der Waals surface area contributed by atoms with Gasteiger partial charge in [0, 0.05) is 0 Å². The van der Waals surface area contributed by atoms with E-state index in [4.69, 9.17) is 37.4 Å². The maximum Gasteiger partial charge on any atom is 0.343 e. The Hall–Kier alpha value is -3.81. The van der Waals surface area contributed by atoms with Crippen LogP contribution in [-0.2, 0) is 11.2 Å². The molecule has 0 unspecified atom stereocenters. The van der Waals surface area contributed by atoms with Gasteiger partial charge in [0.05, 0.1) is 28.9 Å². The van der Waals surface area contributed by atoms with E-state index in [9.17, 15) is 9.59 Å². The number of hydrazone groups is 1. The molecule has 0 aliphatic heterocycles. The lowest BCUT2D eigenvalue weighted by atomic mass is 10.1. The zero-order valence-electron chi connectivity index (χ0n) is 18.8. The molecule has 9 heteroatoms. The molecule has 1 amide bonds. The first-order chi connectivity index (χ1) is 16.9. The van der Waals surface area contributed by atoms with E-state index in [0.29, 0.717) is 28.5 Å². The van der Waals surface area contributed by atoms with Gasteiger partial charge in [0.2, 0.25) is 0 Å². The molecular weight excluding hydrogens is 491 g/mol. The number of nitrogens with one attached hydrogen (secondary N) is 1. The number of benzene rings is 3. The zero-order chi connectivity index (χ0) is 25.2. The summed E-state index contributed by atoms with van der Waals surface area (Å²) >= 11 is 11.8. The molecule has 1 N–H and O–H groups in total. The lowest BCUT2D eigenvalue weighted by Crippen LogP contribution is -2.24. The average molecular weight is 513 g/mol. The summed E-state index contributed by atoms with van der Waals surface area (Å²) < 4.78 is 16.3. The molecule has 35 heavy (non-hydrogen) atoms. The third-order valence-electron chi connectivity index (χ3n) is 4.64. The van der Waals surface area contributed by atoms with Crippen molar-refractivity contribution in [1.29, 1.82) is 0 Å². The summed E-state index contributed by atoms with van der Waals surface area (Å²) in [4.78, 5) is 24.5. The lowest BCUT2D eigenvalue weighted by molar-refractivity contribution is -0.123. The molecule has 7 nitrogen and oxygen atoms in total. The van der Waals surface area contributed by atoms with Crippen molar-refractivity contribution in [2.24, 2.45) is 5.10 Å². The van der Waals surface area contributed by atoms with Gasteiger partial charge in [-0.2, -0.15) is 5.10 Å². The summed E-state index contributed by atoms with van der Waals surface area (Å²) in [7, 11) is 1.44. The first kappa shape index (κ1) is 25.8. The summed E-state index contributed by atoms with van der Waals surface area (Å²) in [6.45, 7) is 3.52. The third-order valence-corrected chi connectivity index (χ3v) is 5.38. The van der Waals surface area contributed by atoms with Gasteiger partial charge in [-0.25, -0.2) is 10.2 Å². The number of rotatable bonds is 10. The predicted molar refractivity (Wildman–Crippen MR) is 136 cm³/mol. The highest BCUT2D eigenvalue weighted by Crippen LogP contribution is 2.29. The van der Waals surface area contributed by atoms with Crippen molar-refractivity contribution in [3.05, 3.63) is 100 Å². The fourth-order valence-electron chi connectivity index (χ4n) is 2.95. The largest absolute Gasteiger partial charge is 0.493 e. The molecule has 0 radical (unpaired) electrons. The van der Waals surface area contributed by atoms with Gasteiger partial charge >= 0.3 is 5.97 Å². The second kappa shape index (κ2) is 12.6. The summed E-state index contributed by atoms with van der Waals surface area (Å²) in [6, 6.07) is 16.7. The van der Waals surface area contributed by atoms with Crippen LogP contribution in [0.4, 0.5) is 0 Å². The van der Waals surface area contributed by atoms with Crippen molar-refractivity contribution in [2.45, 2.75) is 6.42 Å².